The molecule has 0 fully saturated rings. The summed E-state index contributed by atoms with van der Waals surface area (Å²) in [7, 11) is -4.93. The summed E-state index contributed by atoms with van der Waals surface area (Å²) in [5.74, 6) is -0.497. The third-order valence-electron chi connectivity index (χ3n) is 4.09. The number of amides is 1. The van der Waals surface area contributed by atoms with E-state index in [9.17, 15) is 21.6 Å². The number of ether oxygens (including phenoxy) is 1. The molecule has 0 aromatic heterocycles. The molecule has 158 valence electrons. The van der Waals surface area contributed by atoms with Crippen molar-refractivity contribution in [3.63, 3.8) is 0 Å². The summed E-state index contributed by atoms with van der Waals surface area (Å²) in [6, 6.07) is 8.32. The Hall–Kier alpha value is -2.47. The number of benzene rings is 2. The Morgan fingerprint density at radius 3 is 2.31 bits per heavy atom. The summed E-state index contributed by atoms with van der Waals surface area (Å²) in [5.41, 5.74) is 1.00. The van der Waals surface area contributed by atoms with E-state index >= 15 is 0 Å². The zero-order valence-corrected chi connectivity index (χ0v) is 18.1. The van der Waals surface area contributed by atoms with Gasteiger partial charge in [0.25, 0.3) is 5.91 Å². The molecule has 2 aromatic carbocycles. The van der Waals surface area contributed by atoms with Gasteiger partial charge in [0.15, 0.2) is 0 Å². The van der Waals surface area contributed by atoms with Gasteiger partial charge in [0.05, 0.1) is 12.0 Å². The topological polar surface area (TPSA) is 131 Å². The first-order valence-electron chi connectivity index (χ1n) is 8.59. The normalized spacial score (nSPS) is 11.9. The molecule has 29 heavy (non-hydrogen) atoms. The van der Waals surface area contributed by atoms with Gasteiger partial charge in [-0.2, -0.15) is 0 Å². The largest absolute Gasteiger partial charge is 0.495 e. The molecule has 0 aliphatic rings. The van der Waals surface area contributed by atoms with Crippen molar-refractivity contribution in [2.24, 2.45) is 0 Å². The first-order chi connectivity index (χ1) is 13.6. The van der Waals surface area contributed by atoms with Gasteiger partial charge in [-0.3, -0.25) is 4.79 Å². The van der Waals surface area contributed by atoms with Gasteiger partial charge in [-0.05, 0) is 49.9 Å². The van der Waals surface area contributed by atoms with Crippen LogP contribution in [0.3, 0.4) is 0 Å². The monoisotopic (exact) mass is 441 g/mol. The van der Waals surface area contributed by atoms with E-state index in [0.29, 0.717) is 11.3 Å². The summed E-state index contributed by atoms with van der Waals surface area (Å²) >= 11 is 0. The molecule has 0 aliphatic carbocycles. The van der Waals surface area contributed by atoms with Crippen LogP contribution in [0.4, 0.5) is 5.69 Å². The molecule has 0 unspecified atom stereocenters. The lowest BCUT2D eigenvalue weighted by Crippen LogP contribution is -2.24. The minimum atomic E-state index is -3.86. The van der Waals surface area contributed by atoms with E-state index in [-0.39, 0.29) is 27.6 Å². The smallest absolute Gasteiger partial charge is 0.255 e. The zero-order chi connectivity index (χ0) is 21.8. The van der Waals surface area contributed by atoms with Crippen molar-refractivity contribution < 1.29 is 26.4 Å². The van der Waals surface area contributed by atoms with Crippen molar-refractivity contribution in [2.45, 2.75) is 23.6 Å². The molecular weight excluding hydrogens is 418 g/mol. The van der Waals surface area contributed by atoms with Crippen LogP contribution in [-0.4, -0.2) is 43.4 Å². The number of rotatable bonds is 8. The fourth-order valence-corrected chi connectivity index (χ4v) is 4.50. The molecule has 3 N–H and O–H groups in total. The highest BCUT2D eigenvalue weighted by Crippen LogP contribution is 2.26. The summed E-state index contributed by atoms with van der Waals surface area (Å²) < 4.78 is 58.4. The Morgan fingerprint density at radius 1 is 1.03 bits per heavy atom. The summed E-state index contributed by atoms with van der Waals surface area (Å²) in [6.07, 6.45) is 0. The Balaban J connectivity index is 2.43. The van der Waals surface area contributed by atoms with Crippen LogP contribution in [0.2, 0.25) is 0 Å². The molecule has 0 spiro atoms. The molecule has 0 bridgehead atoms. The number of anilines is 1. The Morgan fingerprint density at radius 2 is 1.72 bits per heavy atom. The van der Waals surface area contributed by atoms with Gasteiger partial charge in [0, 0.05) is 17.8 Å². The number of nitrogens with one attached hydrogen (secondary N) is 3. The zero-order valence-electron chi connectivity index (χ0n) is 16.4. The number of hydrogen-bond acceptors (Lipinski definition) is 6. The highest BCUT2D eigenvalue weighted by Gasteiger charge is 2.21. The van der Waals surface area contributed by atoms with E-state index in [1.54, 1.807) is 19.9 Å². The van der Waals surface area contributed by atoms with Crippen molar-refractivity contribution >= 4 is 31.6 Å². The van der Waals surface area contributed by atoms with Crippen LogP contribution in [0.15, 0.2) is 46.2 Å². The van der Waals surface area contributed by atoms with Crippen molar-refractivity contribution in [1.29, 1.82) is 0 Å². The fourth-order valence-electron chi connectivity index (χ4n) is 2.51. The van der Waals surface area contributed by atoms with Crippen LogP contribution in [0.5, 0.6) is 5.75 Å². The minimum absolute atomic E-state index is 0.00829. The third-order valence-corrected chi connectivity index (χ3v) is 7.06. The maximum absolute atomic E-state index is 12.7. The standard InChI is InChI=1S/C18H23N3O6S2/c1-5-20-29(25,26)17-10-13(7-9-16(17)27-4)18(22)21-15-11-14(8-6-12(15)2)28(23,24)19-3/h6-11,19-20H,5H2,1-4H3,(H,21,22). The van der Waals surface area contributed by atoms with E-state index in [4.69, 9.17) is 4.74 Å². The molecule has 2 aromatic rings. The molecule has 0 aliphatic heterocycles. The first-order valence-corrected chi connectivity index (χ1v) is 11.6. The molecule has 2 rings (SSSR count). The summed E-state index contributed by atoms with van der Waals surface area (Å²) in [5, 5.41) is 2.62. The van der Waals surface area contributed by atoms with Gasteiger partial charge in [0.2, 0.25) is 20.0 Å². The highest BCUT2D eigenvalue weighted by atomic mass is 32.2. The first kappa shape index (κ1) is 22.8. The predicted molar refractivity (Wildman–Crippen MR) is 109 cm³/mol. The molecule has 0 saturated carbocycles. The van der Waals surface area contributed by atoms with Gasteiger partial charge in [-0.15, -0.1) is 0 Å². The number of carbonyl (C=O) groups excluding carboxylic acids is 1. The molecule has 11 heteroatoms. The van der Waals surface area contributed by atoms with Crippen LogP contribution in [0.25, 0.3) is 0 Å². The number of methoxy groups -OCH3 is 1. The van der Waals surface area contributed by atoms with Crippen LogP contribution >= 0.6 is 0 Å². The Bertz CT molecular complexity index is 1130. The predicted octanol–water partition coefficient (Wildman–Crippen LogP) is 1.46. The van der Waals surface area contributed by atoms with Gasteiger partial charge in [-0.1, -0.05) is 13.0 Å². The molecule has 0 heterocycles. The van der Waals surface area contributed by atoms with Crippen molar-refractivity contribution in [2.75, 3.05) is 26.0 Å². The van der Waals surface area contributed by atoms with Gasteiger partial charge < -0.3 is 10.1 Å². The van der Waals surface area contributed by atoms with Gasteiger partial charge >= 0.3 is 0 Å². The summed E-state index contributed by atoms with van der Waals surface area (Å²) in [6.45, 7) is 3.52. The molecule has 0 radical (unpaired) electrons. The Labute approximate surface area is 170 Å². The minimum Gasteiger partial charge on any atom is -0.495 e. The van der Waals surface area contributed by atoms with Crippen molar-refractivity contribution in [3.05, 3.63) is 47.5 Å². The maximum Gasteiger partial charge on any atom is 0.255 e. The van der Waals surface area contributed by atoms with Crippen LogP contribution in [0, 0.1) is 6.92 Å². The lowest BCUT2D eigenvalue weighted by atomic mass is 10.1. The fraction of sp³-hybridized carbons (Fsp3) is 0.278. The summed E-state index contributed by atoms with van der Waals surface area (Å²) in [4.78, 5) is 12.5. The van der Waals surface area contributed by atoms with Crippen molar-refractivity contribution in [3.8, 4) is 5.75 Å². The molecule has 0 atom stereocenters. The van der Waals surface area contributed by atoms with Crippen LogP contribution < -0.4 is 19.5 Å². The lowest BCUT2D eigenvalue weighted by Gasteiger charge is -2.13. The van der Waals surface area contributed by atoms with E-state index in [0.717, 1.165) is 0 Å². The van der Waals surface area contributed by atoms with Gasteiger partial charge in [-0.25, -0.2) is 26.3 Å². The quantitative estimate of drug-likeness (QED) is 0.569. The molecule has 9 nitrogen and oxygen atoms in total. The lowest BCUT2D eigenvalue weighted by molar-refractivity contribution is 0.102. The number of carbonyl (C=O) groups is 1. The van der Waals surface area contributed by atoms with E-state index in [1.807, 2.05) is 0 Å². The van der Waals surface area contributed by atoms with Gasteiger partial charge in [0.1, 0.15) is 10.6 Å². The average Bonchev–Trinajstić information content (AvgIpc) is 2.68. The number of sulfonamides is 2. The molecule has 0 saturated heterocycles. The second kappa shape index (κ2) is 8.91. The number of hydrogen-bond donors (Lipinski definition) is 3. The third kappa shape index (κ3) is 5.12. The van der Waals surface area contributed by atoms with Crippen molar-refractivity contribution in [1.82, 2.24) is 9.44 Å². The van der Waals surface area contributed by atoms with Crippen LogP contribution in [-0.2, 0) is 20.0 Å². The Kier molecular flexibility index (Phi) is 7.01. The second-order valence-corrected chi connectivity index (χ2v) is 9.63. The highest BCUT2D eigenvalue weighted by molar-refractivity contribution is 7.89. The molecular formula is C18H23N3O6S2. The SMILES string of the molecule is CCNS(=O)(=O)c1cc(C(=O)Nc2cc(S(=O)(=O)NC)ccc2C)ccc1OC. The maximum atomic E-state index is 12.7. The van der Waals surface area contributed by atoms with E-state index < -0.39 is 26.0 Å². The molecule has 1 amide bonds. The van der Waals surface area contributed by atoms with E-state index in [1.165, 1.54) is 44.5 Å². The van der Waals surface area contributed by atoms with Crippen LogP contribution in [0.1, 0.15) is 22.8 Å². The second-order valence-electron chi connectivity index (χ2n) is 6.01. The average molecular weight is 442 g/mol. The number of aryl methyl sites for hydroxylation is 1. The van der Waals surface area contributed by atoms with E-state index in [2.05, 4.69) is 14.8 Å².